The van der Waals surface area contributed by atoms with Crippen molar-refractivity contribution in [2.75, 3.05) is 50.7 Å². The van der Waals surface area contributed by atoms with Gasteiger partial charge in [-0.15, -0.1) is 14.5 Å². The second kappa shape index (κ2) is 33.5. The second-order valence-electron chi connectivity index (χ2n) is 24.7. The number of piperazine rings is 1. The summed E-state index contributed by atoms with van der Waals surface area (Å²) in [6, 6.07) is 6.78. The van der Waals surface area contributed by atoms with Gasteiger partial charge in [0.25, 0.3) is 18.2 Å². The number of nitrogens with zero attached hydrogens (tertiary/aromatic N) is 6. The number of hydrogen-bond donors (Lipinski definition) is 13. The van der Waals surface area contributed by atoms with Gasteiger partial charge in [-0.3, -0.25) is 48.3 Å². The van der Waals surface area contributed by atoms with Crippen LogP contribution in [-0.2, 0) is 49.4 Å². The summed E-state index contributed by atoms with van der Waals surface area (Å²) in [7, 11) is 0. The van der Waals surface area contributed by atoms with Gasteiger partial charge in [-0.1, -0.05) is 43.4 Å². The van der Waals surface area contributed by atoms with E-state index in [1.807, 2.05) is 12.1 Å². The number of nitrogens with one attached hydrogen (secondary N) is 5. The molecular weight excluding hydrogens is 1290 g/mol. The van der Waals surface area contributed by atoms with Crippen LogP contribution in [0.15, 0.2) is 66.7 Å². The van der Waals surface area contributed by atoms with E-state index in [4.69, 9.17) is 9.92 Å². The number of fused-ring (bicyclic) bond motifs is 2. The first-order valence-corrected chi connectivity index (χ1v) is 32.5. The van der Waals surface area contributed by atoms with Crippen molar-refractivity contribution in [1.82, 2.24) is 51.5 Å². The minimum Gasteiger partial charge on any atom is -0.691 e. The molecule has 3 aromatic carbocycles. The third-order valence-corrected chi connectivity index (χ3v) is 19.3. The third kappa shape index (κ3) is 18.5. The van der Waals surface area contributed by atoms with Gasteiger partial charge in [-0.25, -0.2) is 0 Å². The molecule has 13 unspecified atom stereocenters. The Kier molecular flexibility index (Phi) is 26.2. The molecule has 4 aliphatic heterocycles. The fourth-order valence-corrected chi connectivity index (χ4v) is 13.8. The van der Waals surface area contributed by atoms with Gasteiger partial charge < -0.3 is 92.2 Å². The van der Waals surface area contributed by atoms with Gasteiger partial charge >= 0.3 is 29.6 Å². The van der Waals surface area contributed by atoms with E-state index in [1.165, 1.54) is 62.1 Å². The molecule has 31 nitrogen and oxygen atoms in total. The second-order valence-corrected chi connectivity index (χ2v) is 26.1. The Morgan fingerprint density at radius 2 is 1.38 bits per heavy atom. The average Bonchev–Trinajstić information content (AvgIpc) is 1.69. The summed E-state index contributed by atoms with van der Waals surface area (Å²) in [5, 5.41) is 114. The first kappa shape index (κ1) is 74.1. The van der Waals surface area contributed by atoms with Crippen molar-refractivity contribution < 1.29 is 122 Å². The maximum absolute atomic E-state index is 14.7. The van der Waals surface area contributed by atoms with Crippen molar-refractivity contribution >= 4 is 76.6 Å². The predicted octanol–water partition coefficient (Wildman–Crippen LogP) is -5.73. The first-order chi connectivity index (χ1) is 44.9. The number of amides is 8. The van der Waals surface area contributed by atoms with Crippen LogP contribution < -0.4 is 76.2 Å². The zero-order chi connectivity index (χ0) is 67.7. The molecule has 1 aliphatic carbocycles. The van der Waals surface area contributed by atoms with Crippen molar-refractivity contribution in [1.29, 1.82) is 0 Å². The van der Waals surface area contributed by atoms with Crippen molar-refractivity contribution in [2.24, 2.45) is 17.6 Å². The van der Waals surface area contributed by atoms with Gasteiger partial charge in [0.2, 0.25) is 41.4 Å². The molecule has 0 spiro atoms. The molecule has 5 aliphatic rings. The van der Waals surface area contributed by atoms with Crippen molar-refractivity contribution in [3.63, 3.8) is 0 Å². The van der Waals surface area contributed by atoms with Crippen molar-refractivity contribution in [2.45, 2.75) is 151 Å². The number of anilines is 1. The fourth-order valence-electron chi connectivity index (χ4n) is 12.6. The van der Waals surface area contributed by atoms with Crippen molar-refractivity contribution in [3.8, 4) is 32.6 Å². The number of aromatic hydroxyl groups is 1. The van der Waals surface area contributed by atoms with Crippen LogP contribution >= 0.6 is 23.7 Å². The Hall–Kier alpha value is -6.67. The number of primary amides is 1. The SMILES string of the molecule is CC1CCC(N2CCN(c3ccc(-c4nnc(-c5ccc(C(=O)NC6CC(O)CNC(=O)C7C(O)C(C)CN7C(=O)C(C(O)CC(N)=O)NC(=O)C(C(O)Cc7ccc(O)c(OSOO[O-])c7)NC(=O)C7CC(O)CN7C(=O)C(C(C)O)NC6=O)cc5)s4)cc3)CC2)CC1.[Na+]. The third-order valence-electron chi connectivity index (χ3n) is 17.9. The summed E-state index contributed by atoms with van der Waals surface area (Å²) in [5.41, 5.74) is 8.10. The maximum atomic E-state index is 14.7. The molecule has 9 rings (SSSR count). The summed E-state index contributed by atoms with van der Waals surface area (Å²) in [4.78, 5) is 120. The molecule has 510 valence electrons. The van der Waals surface area contributed by atoms with Gasteiger partial charge in [-0.05, 0) is 92.6 Å². The summed E-state index contributed by atoms with van der Waals surface area (Å²) >= 11 is 1.33. The molecule has 8 amide bonds. The van der Waals surface area contributed by atoms with Crippen LogP contribution in [0.5, 0.6) is 11.5 Å². The number of aliphatic hydroxyl groups excluding tert-OH is 6. The van der Waals surface area contributed by atoms with E-state index in [0.29, 0.717) is 21.6 Å². The molecule has 95 heavy (non-hydrogen) atoms. The predicted molar refractivity (Wildman–Crippen MR) is 333 cm³/mol. The van der Waals surface area contributed by atoms with Gasteiger partial charge in [0.1, 0.15) is 46.3 Å². The fraction of sp³-hybridized carbons (Fsp3) is 0.541. The van der Waals surface area contributed by atoms with E-state index in [9.17, 15) is 79.4 Å². The first-order valence-electron chi connectivity index (χ1n) is 31.0. The van der Waals surface area contributed by atoms with E-state index >= 15 is 0 Å². The Morgan fingerprint density at radius 1 is 0.758 bits per heavy atom. The number of rotatable bonds is 17. The Labute approximate surface area is 577 Å². The summed E-state index contributed by atoms with van der Waals surface area (Å²) in [5.74, 6) is -10.3. The van der Waals surface area contributed by atoms with Crippen LogP contribution in [0.1, 0.15) is 81.6 Å². The van der Waals surface area contributed by atoms with E-state index < -0.39 is 177 Å². The number of phenolic OH excluding ortho intramolecular Hbond substituents is 1. The topological polar surface area (TPSA) is 454 Å². The van der Waals surface area contributed by atoms with Crippen LogP contribution in [0.4, 0.5) is 5.69 Å². The van der Waals surface area contributed by atoms with Crippen LogP contribution in [-0.4, -0.2) is 233 Å². The molecule has 4 saturated heterocycles. The summed E-state index contributed by atoms with van der Waals surface area (Å²) in [6.07, 6.45) is -8.55. The smallest absolute Gasteiger partial charge is 0.691 e. The quantitative estimate of drug-likeness (QED) is 0.0154. The molecule has 1 saturated carbocycles. The summed E-state index contributed by atoms with van der Waals surface area (Å²) in [6.45, 7) is 7.15. The zero-order valence-electron chi connectivity index (χ0n) is 52.7. The van der Waals surface area contributed by atoms with Gasteiger partial charge in [0.05, 0.1) is 43.0 Å². The number of carbonyl (C=O) groups is 8. The Morgan fingerprint density at radius 3 is 2.01 bits per heavy atom. The molecule has 5 heterocycles. The van der Waals surface area contributed by atoms with Gasteiger partial charge in [-0.2, -0.15) is 0 Å². The van der Waals surface area contributed by atoms with Crippen LogP contribution in [0.25, 0.3) is 21.1 Å². The van der Waals surface area contributed by atoms with Gasteiger partial charge in [0.15, 0.2) is 11.5 Å². The van der Waals surface area contributed by atoms with Crippen LogP contribution in [0.3, 0.4) is 0 Å². The van der Waals surface area contributed by atoms with Crippen LogP contribution in [0.2, 0.25) is 0 Å². The number of benzene rings is 3. The monoisotopic (exact) mass is 1370 g/mol. The van der Waals surface area contributed by atoms with Crippen LogP contribution in [0, 0.1) is 11.8 Å². The molecular formula is C61H79N12NaO19S2. The Bertz CT molecular complexity index is 3350. The molecule has 0 bridgehead atoms. The molecule has 0 radical (unpaired) electrons. The number of hydrogen-bond acceptors (Lipinski definition) is 25. The largest absolute Gasteiger partial charge is 1.00 e. The molecule has 1 aromatic heterocycles. The van der Waals surface area contributed by atoms with Crippen molar-refractivity contribution in [3.05, 3.63) is 77.9 Å². The van der Waals surface area contributed by atoms with E-state index in [0.717, 1.165) is 72.2 Å². The standard InChI is InChI=1S/C61H80N12O19S2.Na/c1-30-4-13-37(14-5-30)70-18-20-71(21-19-70)38-15-11-36(12-16-38)59-69-68-58(93-59)35-9-7-34(8-10-35)53(82)64-41-24-39(75)27-63-57(86)51-52(81)31(2)28-73(51)61(88)50(45(79)26-47(62)80)67-56(85)49(44(78)22-33-6-17-43(77)46(23-33)90-94-92-91-89)66-55(84)42-25-40(76)29-72(42)60(87)48(32(3)74)65-54(41)83;/h6-12,15-17,23,30-32,37,39-42,44-45,48-52,74-79,81,89H,4-5,13-14,18-22,24-29H2,1-3H3,(H2,62,80)(H,63,86)(H,64,82)(H,65,83)(H,66,84)(H,67,85);/q;+1/p-1. The molecule has 4 aromatic rings. The minimum absolute atomic E-state index is 0. The number of β-amino-alcohol motifs (C(OH)–C–C–N with tert-alkyl or cyclic N) is 1. The summed E-state index contributed by atoms with van der Waals surface area (Å²) < 4.78 is 9.17. The molecule has 5 fully saturated rings. The number of nitrogens with two attached hydrogens (primary N) is 1. The van der Waals surface area contributed by atoms with E-state index in [1.54, 1.807) is 12.1 Å². The number of carbonyl (C=O) groups excluding carboxylic acids is 8. The van der Waals surface area contributed by atoms with Gasteiger partial charge in [0, 0.05) is 99.4 Å². The molecule has 13 atom stereocenters. The normalized spacial score (nSPS) is 27.9. The van der Waals surface area contributed by atoms with E-state index in [-0.39, 0.29) is 58.8 Å². The van der Waals surface area contributed by atoms with E-state index in [2.05, 4.69) is 75.0 Å². The molecule has 14 N–H and O–H groups in total. The molecule has 34 heteroatoms. The number of aliphatic hydroxyl groups is 6. The maximum Gasteiger partial charge on any atom is 1.00 e. The zero-order valence-corrected chi connectivity index (χ0v) is 56.4. The average molecular weight is 1370 g/mol. The minimum atomic E-state index is -2.22. The Balaban J connectivity index is 0.0000116. The number of aromatic nitrogens is 2. The number of phenols is 1.